The predicted octanol–water partition coefficient (Wildman–Crippen LogP) is 2.56. The normalized spacial score (nSPS) is 14.2. The van der Waals surface area contributed by atoms with Crippen molar-refractivity contribution in [3.8, 4) is 0 Å². The van der Waals surface area contributed by atoms with Crippen LogP contribution in [0.4, 0.5) is 13.2 Å². The molecule has 0 bridgehead atoms. The van der Waals surface area contributed by atoms with Crippen molar-refractivity contribution in [2.75, 3.05) is 0 Å². The zero-order valence-electron chi connectivity index (χ0n) is 7.10. The molecule has 0 spiro atoms. The van der Waals surface area contributed by atoms with Gasteiger partial charge in [0.25, 0.3) is 0 Å². The second-order valence-corrected chi connectivity index (χ2v) is 2.88. The Kier molecular flexibility index (Phi) is 2.61. The van der Waals surface area contributed by atoms with Crippen LogP contribution in [0.15, 0.2) is 24.3 Å². The van der Waals surface area contributed by atoms with Gasteiger partial charge in [0.1, 0.15) is 6.04 Å². The maximum atomic E-state index is 12.2. The molecule has 0 aliphatic rings. The average Bonchev–Trinajstić information content (AvgIpc) is 2.02. The zero-order valence-corrected chi connectivity index (χ0v) is 7.10. The molecular formula is C9H10F3N. The fourth-order valence-electron chi connectivity index (χ4n) is 1.11. The van der Waals surface area contributed by atoms with Crippen LogP contribution in [0.5, 0.6) is 0 Å². The smallest absolute Gasteiger partial charge is 0.316 e. The second kappa shape index (κ2) is 3.38. The van der Waals surface area contributed by atoms with Crippen LogP contribution in [0.2, 0.25) is 0 Å². The Morgan fingerprint density at radius 1 is 1.23 bits per heavy atom. The SMILES string of the molecule is Cc1ccccc1[C@@H](N)C(F)(F)F. The van der Waals surface area contributed by atoms with Gasteiger partial charge >= 0.3 is 6.18 Å². The van der Waals surface area contributed by atoms with E-state index in [4.69, 9.17) is 5.73 Å². The molecule has 1 nitrogen and oxygen atoms in total. The molecule has 0 aromatic heterocycles. The lowest BCUT2D eigenvalue weighted by atomic mass is 10.0. The molecule has 72 valence electrons. The minimum atomic E-state index is -4.37. The van der Waals surface area contributed by atoms with Crippen LogP contribution >= 0.6 is 0 Å². The van der Waals surface area contributed by atoms with Crippen molar-refractivity contribution in [2.24, 2.45) is 5.73 Å². The Balaban J connectivity index is 3.02. The van der Waals surface area contributed by atoms with Crippen molar-refractivity contribution in [1.29, 1.82) is 0 Å². The number of aryl methyl sites for hydroxylation is 1. The van der Waals surface area contributed by atoms with Gasteiger partial charge in [-0.05, 0) is 18.1 Å². The van der Waals surface area contributed by atoms with Gasteiger partial charge in [0.15, 0.2) is 0 Å². The molecule has 0 aliphatic heterocycles. The maximum absolute atomic E-state index is 12.2. The molecule has 1 rings (SSSR count). The van der Waals surface area contributed by atoms with Crippen molar-refractivity contribution in [3.05, 3.63) is 35.4 Å². The van der Waals surface area contributed by atoms with Crippen LogP contribution in [0.1, 0.15) is 17.2 Å². The molecule has 4 heteroatoms. The van der Waals surface area contributed by atoms with E-state index in [-0.39, 0.29) is 5.56 Å². The second-order valence-electron chi connectivity index (χ2n) is 2.88. The Morgan fingerprint density at radius 3 is 2.23 bits per heavy atom. The van der Waals surface area contributed by atoms with Gasteiger partial charge in [-0.25, -0.2) is 0 Å². The van der Waals surface area contributed by atoms with Crippen molar-refractivity contribution in [1.82, 2.24) is 0 Å². The maximum Gasteiger partial charge on any atom is 0.407 e. The molecule has 0 heterocycles. The standard InChI is InChI=1S/C9H10F3N/c1-6-4-2-3-5-7(6)8(13)9(10,11)12/h2-5,8H,13H2,1H3/t8-/m1/s1. The molecule has 0 amide bonds. The molecule has 1 aromatic rings. The minimum absolute atomic E-state index is 0.134. The van der Waals surface area contributed by atoms with Crippen LogP contribution < -0.4 is 5.73 Å². The molecule has 0 aliphatic carbocycles. The number of alkyl halides is 3. The van der Waals surface area contributed by atoms with Crippen LogP contribution in [-0.2, 0) is 0 Å². The highest BCUT2D eigenvalue weighted by Gasteiger charge is 2.38. The summed E-state index contributed by atoms with van der Waals surface area (Å²) < 4.78 is 36.6. The first-order valence-corrected chi connectivity index (χ1v) is 3.80. The van der Waals surface area contributed by atoms with E-state index in [0.717, 1.165) is 0 Å². The summed E-state index contributed by atoms with van der Waals surface area (Å²) in [6.45, 7) is 1.61. The molecule has 0 fully saturated rings. The van der Waals surface area contributed by atoms with Gasteiger partial charge in [0.2, 0.25) is 0 Å². The molecule has 0 unspecified atom stereocenters. The quantitative estimate of drug-likeness (QED) is 0.721. The lowest BCUT2D eigenvalue weighted by molar-refractivity contribution is -0.149. The van der Waals surface area contributed by atoms with Gasteiger partial charge in [-0.15, -0.1) is 0 Å². The van der Waals surface area contributed by atoms with Gasteiger partial charge in [-0.2, -0.15) is 13.2 Å². The number of benzene rings is 1. The molecule has 0 saturated heterocycles. The molecular weight excluding hydrogens is 179 g/mol. The first-order chi connectivity index (χ1) is 5.93. The lowest BCUT2D eigenvalue weighted by Gasteiger charge is -2.17. The Hall–Kier alpha value is -1.03. The summed E-state index contributed by atoms with van der Waals surface area (Å²) in [5, 5.41) is 0. The van der Waals surface area contributed by atoms with Gasteiger partial charge < -0.3 is 5.73 Å². The van der Waals surface area contributed by atoms with Gasteiger partial charge in [-0.1, -0.05) is 24.3 Å². The van der Waals surface area contributed by atoms with Crippen molar-refractivity contribution in [3.63, 3.8) is 0 Å². The fraction of sp³-hybridized carbons (Fsp3) is 0.333. The zero-order chi connectivity index (χ0) is 10.1. The first-order valence-electron chi connectivity index (χ1n) is 3.80. The Bertz CT molecular complexity index is 293. The van der Waals surface area contributed by atoms with Crippen LogP contribution in [-0.4, -0.2) is 6.18 Å². The average molecular weight is 189 g/mol. The fourth-order valence-corrected chi connectivity index (χ4v) is 1.11. The highest BCUT2D eigenvalue weighted by molar-refractivity contribution is 5.29. The minimum Gasteiger partial charge on any atom is -0.316 e. The monoisotopic (exact) mass is 189 g/mol. The molecule has 13 heavy (non-hydrogen) atoms. The van der Waals surface area contributed by atoms with Crippen LogP contribution in [0.3, 0.4) is 0 Å². The predicted molar refractivity (Wildman–Crippen MR) is 44.2 cm³/mol. The highest BCUT2D eigenvalue weighted by atomic mass is 19.4. The van der Waals surface area contributed by atoms with E-state index >= 15 is 0 Å². The van der Waals surface area contributed by atoms with Crippen LogP contribution in [0.25, 0.3) is 0 Å². The summed E-state index contributed by atoms with van der Waals surface area (Å²) in [7, 11) is 0. The van der Waals surface area contributed by atoms with E-state index in [0.29, 0.717) is 5.56 Å². The van der Waals surface area contributed by atoms with E-state index in [9.17, 15) is 13.2 Å². The summed E-state index contributed by atoms with van der Waals surface area (Å²) in [6, 6.07) is 4.36. The molecule has 2 N–H and O–H groups in total. The Labute approximate surface area is 74.4 Å². The summed E-state index contributed by atoms with van der Waals surface area (Å²) in [6.07, 6.45) is -4.37. The third-order valence-corrected chi connectivity index (χ3v) is 1.88. The third-order valence-electron chi connectivity index (χ3n) is 1.88. The number of hydrogen-bond acceptors (Lipinski definition) is 1. The largest absolute Gasteiger partial charge is 0.407 e. The van der Waals surface area contributed by atoms with Crippen molar-refractivity contribution >= 4 is 0 Å². The summed E-state index contributed by atoms with van der Waals surface area (Å²) >= 11 is 0. The van der Waals surface area contributed by atoms with Crippen molar-refractivity contribution in [2.45, 2.75) is 19.1 Å². The molecule has 0 saturated carbocycles. The van der Waals surface area contributed by atoms with Gasteiger partial charge in [-0.3, -0.25) is 0 Å². The van der Waals surface area contributed by atoms with E-state index in [1.165, 1.54) is 6.07 Å². The summed E-state index contributed by atoms with van der Waals surface area (Å²) in [5.74, 6) is 0. The lowest BCUT2D eigenvalue weighted by Crippen LogP contribution is -2.29. The molecule has 0 radical (unpaired) electrons. The number of halogens is 3. The number of nitrogens with two attached hydrogens (primary N) is 1. The number of rotatable bonds is 1. The van der Waals surface area contributed by atoms with E-state index in [1.807, 2.05) is 0 Å². The van der Waals surface area contributed by atoms with E-state index in [2.05, 4.69) is 0 Å². The van der Waals surface area contributed by atoms with Crippen molar-refractivity contribution < 1.29 is 13.2 Å². The van der Waals surface area contributed by atoms with E-state index < -0.39 is 12.2 Å². The number of hydrogen-bond donors (Lipinski definition) is 1. The van der Waals surface area contributed by atoms with Crippen LogP contribution in [0, 0.1) is 6.92 Å². The highest BCUT2D eigenvalue weighted by Crippen LogP contribution is 2.31. The topological polar surface area (TPSA) is 26.0 Å². The van der Waals surface area contributed by atoms with Gasteiger partial charge in [0, 0.05) is 0 Å². The van der Waals surface area contributed by atoms with E-state index in [1.54, 1.807) is 25.1 Å². The Morgan fingerprint density at radius 2 is 1.77 bits per heavy atom. The third kappa shape index (κ3) is 2.21. The molecule has 1 atom stereocenters. The summed E-state index contributed by atoms with van der Waals surface area (Å²) in [4.78, 5) is 0. The van der Waals surface area contributed by atoms with Gasteiger partial charge in [0.05, 0.1) is 0 Å². The first kappa shape index (κ1) is 10.1. The summed E-state index contributed by atoms with van der Waals surface area (Å²) in [5.41, 5.74) is 5.74. The molecule has 1 aromatic carbocycles.